The molecule has 2 heteroatoms. The number of hydrogen-bond donors (Lipinski definition) is 0. The zero-order chi connectivity index (χ0) is 15.4. The highest BCUT2D eigenvalue weighted by atomic mass is 15.2. The van der Waals surface area contributed by atoms with Crippen molar-refractivity contribution in [3.8, 4) is 0 Å². The third-order valence-corrected chi connectivity index (χ3v) is 4.49. The highest BCUT2D eigenvalue weighted by molar-refractivity contribution is 5.50. The second-order valence-electron chi connectivity index (χ2n) is 6.26. The molecule has 0 unspecified atom stereocenters. The van der Waals surface area contributed by atoms with Crippen molar-refractivity contribution in [1.82, 2.24) is 4.90 Å². The molecule has 0 spiro atoms. The lowest BCUT2D eigenvalue weighted by Gasteiger charge is -2.22. The molecule has 0 aliphatic carbocycles. The lowest BCUT2D eigenvalue weighted by molar-refractivity contribution is -0.549. The van der Waals surface area contributed by atoms with E-state index < -0.39 is 0 Å². The Bertz CT molecular complexity index is 673. The summed E-state index contributed by atoms with van der Waals surface area (Å²) in [5.74, 6) is 0. The van der Waals surface area contributed by atoms with E-state index in [4.69, 9.17) is 0 Å². The average Bonchev–Trinajstić information content (AvgIpc) is 2.52. The van der Waals surface area contributed by atoms with Crippen LogP contribution in [0, 0.1) is 13.8 Å². The third kappa shape index (κ3) is 3.56. The van der Waals surface area contributed by atoms with E-state index in [-0.39, 0.29) is 0 Å². The molecule has 0 saturated heterocycles. The molecule has 2 aromatic carbocycles. The summed E-state index contributed by atoms with van der Waals surface area (Å²) < 4.78 is 2.45. The van der Waals surface area contributed by atoms with E-state index in [2.05, 4.69) is 78.2 Å². The van der Waals surface area contributed by atoms with E-state index in [0.29, 0.717) is 0 Å². The minimum atomic E-state index is 1.01. The zero-order valence-electron chi connectivity index (χ0n) is 13.6. The van der Waals surface area contributed by atoms with Crippen LogP contribution in [-0.4, -0.2) is 28.9 Å². The third-order valence-electron chi connectivity index (χ3n) is 4.49. The van der Waals surface area contributed by atoms with Crippen molar-refractivity contribution < 1.29 is 4.58 Å². The van der Waals surface area contributed by atoms with Gasteiger partial charge < -0.3 is 0 Å². The van der Waals surface area contributed by atoms with Gasteiger partial charge in [0.15, 0.2) is 0 Å². The number of hydrogen-bond acceptors (Lipinski definition) is 1. The maximum absolute atomic E-state index is 2.45. The molecule has 1 aliphatic rings. The second-order valence-corrected chi connectivity index (χ2v) is 6.26. The lowest BCUT2D eigenvalue weighted by atomic mass is 10.1. The van der Waals surface area contributed by atoms with Gasteiger partial charge in [0.1, 0.15) is 13.1 Å². The van der Waals surface area contributed by atoms with E-state index in [0.717, 1.165) is 26.2 Å². The molecule has 0 bridgehead atoms. The molecule has 114 valence electrons. The Morgan fingerprint density at radius 3 is 2.23 bits per heavy atom. The maximum Gasteiger partial charge on any atom is 0.234 e. The van der Waals surface area contributed by atoms with Gasteiger partial charge >= 0.3 is 0 Å². The van der Waals surface area contributed by atoms with Crippen LogP contribution in [0.1, 0.15) is 28.7 Å². The van der Waals surface area contributed by atoms with E-state index >= 15 is 0 Å². The van der Waals surface area contributed by atoms with Crippen molar-refractivity contribution in [3.63, 3.8) is 0 Å². The van der Waals surface area contributed by atoms with Crippen molar-refractivity contribution in [1.29, 1.82) is 0 Å². The van der Waals surface area contributed by atoms with E-state index in [1.807, 2.05) is 0 Å². The Labute approximate surface area is 133 Å². The number of rotatable bonds is 4. The first-order chi connectivity index (χ1) is 10.7. The molecule has 0 radical (unpaired) electrons. The molecule has 1 aliphatic heterocycles. The van der Waals surface area contributed by atoms with Crippen LogP contribution in [0.2, 0.25) is 0 Å². The smallest absolute Gasteiger partial charge is 0.234 e. The molecule has 0 aromatic heterocycles. The van der Waals surface area contributed by atoms with E-state index in [9.17, 15) is 0 Å². The van der Waals surface area contributed by atoms with E-state index in [1.165, 1.54) is 28.7 Å². The fraction of sp³-hybridized carbons (Fsp3) is 0.350. The normalized spacial score (nSPS) is 14.8. The Balaban J connectivity index is 1.72. The SMILES string of the molecule is Cc1ccccc1CN1C=[N+](Cc2ccccc2C)CCC1. The fourth-order valence-corrected chi connectivity index (χ4v) is 3.08. The molecule has 0 N–H and O–H groups in total. The minimum absolute atomic E-state index is 1.01. The molecular weight excluding hydrogens is 268 g/mol. The summed E-state index contributed by atoms with van der Waals surface area (Å²) in [7, 11) is 0. The summed E-state index contributed by atoms with van der Waals surface area (Å²) in [4.78, 5) is 2.45. The molecule has 3 rings (SSSR count). The standard InChI is InChI=1S/C20H25N2/c1-17-8-3-5-10-19(17)14-21-12-7-13-22(16-21)15-20-11-6-4-9-18(20)2/h3-6,8-11,16H,7,12-15H2,1-2H3/q+1. The molecule has 0 amide bonds. The Hall–Kier alpha value is -2.09. The Kier molecular flexibility index (Phi) is 4.57. The maximum atomic E-state index is 2.45. The minimum Gasteiger partial charge on any atom is -0.264 e. The van der Waals surface area contributed by atoms with Gasteiger partial charge in [-0.1, -0.05) is 48.5 Å². The van der Waals surface area contributed by atoms with Crippen LogP contribution in [0.15, 0.2) is 48.5 Å². The summed E-state index contributed by atoms with van der Waals surface area (Å²) in [5, 5.41) is 0. The number of nitrogens with zero attached hydrogens (tertiary/aromatic N) is 2. The summed E-state index contributed by atoms with van der Waals surface area (Å²) in [6.45, 7) is 8.72. The Morgan fingerprint density at radius 2 is 1.55 bits per heavy atom. The average molecular weight is 293 g/mol. The van der Waals surface area contributed by atoms with Crippen LogP contribution in [0.4, 0.5) is 0 Å². The molecule has 22 heavy (non-hydrogen) atoms. The molecule has 0 saturated carbocycles. The van der Waals surface area contributed by atoms with E-state index in [1.54, 1.807) is 0 Å². The predicted octanol–water partition coefficient (Wildman–Crippen LogP) is 3.75. The zero-order valence-corrected chi connectivity index (χ0v) is 13.6. The molecule has 2 nitrogen and oxygen atoms in total. The van der Waals surface area contributed by atoms with Gasteiger partial charge in [-0.15, -0.1) is 0 Å². The van der Waals surface area contributed by atoms with Crippen molar-refractivity contribution >= 4 is 6.34 Å². The van der Waals surface area contributed by atoms with Crippen LogP contribution in [0.3, 0.4) is 0 Å². The topological polar surface area (TPSA) is 6.25 Å². The van der Waals surface area contributed by atoms with Gasteiger partial charge in [0.2, 0.25) is 6.34 Å². The van der Waals surface area contributed by atoms with Crippen molar-refractivity contribution in [3.05, 3.63) is 70.8 Å². The largest absolute Gasteiger partial charge is 0.264 e. The monoisotopic (exact) mass is 293 g/mol. The van der Waals surface area contributed by atoms with Gasteiger partial charge in [0, 0.05) is 6.42 Å². The fourth-order valence-electron chi connectivity index (χ4n) is 3.08. The lowest BCUT2D eigenvalue weighted by Crippen LogP contribution is -2.35. The molecule has 0 atom stereocenters. The highest BCUT2D eigenvalue weighted by Gasteiger charge is 2.17. The summed E-state index contributed by atoms with van der Waals surface area (Å²) in [5.41, 5.74) is 5.62. The van der Waals surface area contributed by atoms with Gasteiger partial charge in [0.25, 0.3) is 0 Å². The van der Waals surface area contributed by atoms with Gasteiger partial charge in [-0.3, -0.25) is 9.48 Å². The van der Waals surface area contributed by atoms with Gasteiger partial charge in [-0.05, 0) is 36.1 Å². The predicted molar refractivity (Wildman–Crippen MR) is 92.3 cm³/mol. The first-order valence-corrected chi connectivity index (χ1v) is 8.14. The number of aryl methyl sites for hydroxylation is 2. The van der Waals surface area contributed by atoms with Gasteiger partial charge in [-0.25, -0.2) is 0 Å². The molecular formula is C20H25N2+. The quantitative estimate of drug-likeness (QED) is 0.778. The van der Waals surface area contributed by atoms with Gasteiger partial charge in [0.05, 0.1) is 13.1 Å². The summed E-state index contributed by atoms with van der Waals surface area (Å²) >= 11 is 0. The van der Waals surface area contributed by atoms with Gasteiger partial charge in [-0.2, -0.15) is 0 Å². The second kappa shape index (κ2) is 6.78. The first kappa shape index (κ1) is 14.8. The molecule has 0 fully saturated rings. The summed E-state index contributed by atoms with van der Waals surface area (Å²) in [6.07, 6.45) is 3.55. The first-order valence-electron chi connectivity index (χ1n) is 8.14. The van der Waals surface area contributed by atoms with Crippen LogP contribution >= 0.6 is 0 Å². The van der Waals surface area contributed by atoms with Crippen LogP contribution < -0.4 is 0 Å². The number of benzene rings is 2. The van der Waals surface area contributed by atoms with Crippen LogP contribution in [0.5, 0.6) is 0 Å². The summed E-state index contributed by atoms with van der Waals surface area (Å²) in [6, 6.07) is 17.4. The van der Waals surface area contributed by atoms with Crippen molar-refractivity contribution in [2.45, 2.75) is 33.4 Å². The highest BCUT2D eigenvalue weighted by Crippen LogP contribution is 2.13. The Morgan fingerprint density at radius 1 is 0.909 bits per heavy atom. The van der Waals surface area contributed by atoms with Crippen molar-refractivity contribution in [2.75, 3.05) is 13.1 Å². The van der Waals surface area contributed by atoms with Crippen LogP contribution in [-0.2, 0) is 13.1 Å². The van der Waals surface area contributed by atoms with Crippen molar-refractivity contribution in [2.24, 2.45) is 0 Å². The molecule has 2 aromatic rings. The molecule has 1 heterocycles. The van der Waals surface area contributed by atoms with Crippen LogP contribution in [0.25, 0.3) is 0 Å².